The van der Waals surface area contributed by atoms with Crippen LogP contribution >= 0.6 is 23.4 Å². The van der Waals surface area contributed by atoms with Crippen molar-refractivity contribution < 1.29 is 0 Å². The molecule has 0 bridgehead atoms. The molecule has 0 spiro atoms. The van der Waals surface area contributed by atoms with E-state index in [0.717, 1.165) is 27.9 Å². The minimum absolute atomic E-state index is 0.647. The van der Waals surface area contributed by atoms with Gasteiger partial charge in [-0.05, 0) is 29.8 Å². The second-order valence-corrected chi connectivity index (χ2v) is 6.05. The van der Waals surface area contributed by atoms with Gasteiger partial charge >= 0.3 is 0 Å². The van der Waals surface area contributed by atoms with Gasteiger partial charge in [0.15, 0.2) is 0 Å². The SMILES string of the molecule is Clc1ccc(C2=Nn3c(nnc3-c3ccccn3)SC2)cc1. The van der Waals surface area contributed by atoms with Crippen molar-refractivity contribution in [3.8, 4) is 11.5 Å². The molecule has 0 saturated carbocycles. The molecule has 2 aromatic heterocycles. The molecule has 0 saturated heterocycles. The molecule has 7 heteroatoms. The van der Waals surface area contributed by atoms with Crippen molar-refractivity contribution in [2.24, 2.45) is 5.10 Å². The molecule has 0 radical (unpaired) electrons. The Bertz CT molecular complexity index is 842. The first-order chi connectivity index (χ1) is 10.8. The lowest BCUT2D eigenvalue weighted by Crippen LogP contribution is -2.13. The third kappa shape index (κ3) is 2.40. The third-order valence-electron chi connectivity index (χ3n) is 3.24. The molecule has 3 heterocycles. The molecule has 1 aliphatic rings. The zero-order valence-corrected chi connectivity index (χ0v) is 12.9. The lowest BCUT2D eigenvalue weighted by Gasteiger charge is -2.13. The summed E-state index contributed by atoms with van der Waals surface area (Å²) in [7, 11) is 0. The average Bonchev–Trinajstić information content (AvgIpc) is 2.99. The van der Waals surface area contributed by atoms with Gasteiger partial charge in [-0.3, -0.25) is 4.98 Å². The van der Waals surface area contributed by atoms with Gasteiger partial charge in [-0.25, -0.2) is 0 Å². The number of rotatable bonds is 2. The van der Waals surface area contributed by atoms with E-state index in [9.17, 15) is 0 Å². The summed E-state index contributed by atoms with van der Waals surface area (Å²) < 4.78 is 1.75. The van der Waals surface area contributed by atoms with Crippen LogP contribution in [-0.4, -0.2) is 31.3 Å². The standard InChI is InChI=1S/C15H10ClN5S/c16-11-6-4-10(5-7-11)13-9-22-15-19-18-14(21(15)20-13)12-3-1-2-8-17-12/h1-8H,9H2. The molecule has 0 atom stereocenters. The smallest absolute Gasteiger partial charge is 0.212 e. The largest absolute Gasteiger partial charge is 0.253 e. The van der Waals surface area contributed by atoms with E-state index in [1.807, 2.05) is 42.5 Å². The normalized spacial score (nSPS) is 13.6. The van der Waals surface area contributed by atoms with Crippen molar-refractivity contribution in [3.63, 3.8) is 0 Å². The highest BCUT2D eigenvalue weighted by molar-refractivity contribution is 7.99. The van der Waals surface area contributed by atoms with Crippen LogP contribution in [0.4, 0.5) is 0 Å². The molecule has 3 aromatic rings. The van der Waals surface area contributed by atoms with Crippen molar-refractivity contribution in [2.45, 2.75) is 5.16 Å². The lowest BCUT2D eigenvalue weighted by molar-refractivity contribution is 0.761. The Morgan fingerprint density at radius 3 is 2.68 bits per heavy atom. The lowest BCUT2D eigenvalue weighted by atomic mass is 10.1. The number of hydrogen-bond donors (Lipinski definition) is 0. The molecular formula is C15H10ClN5S. The summed E-state index contributed by atoms with van der Waals surface area (Å²) >= 11 is 7.55. The van der Waals surface area contributed by atoms with Crippen LogP contribution in [0.1, 0.15) is 5.56 Å². The number of fused-ring (bicyclic) bond motifs is 1. The summed E-state index contributed by atoms with van der Waals surface area (Å²) in [6, 6.07) is 13.4. The zero-order chi connectivity index (χ0) is 14.9. The maximum Gasteiger partial charge on any atom is 0.212 e. The van der Waals surface area contributed by atoms with E-state index >= 15 is 0 Å². The summed E-state index contributed by atoms with van der Waals surface area (Å²) in [5, 5.41) is 14.6. The number of hydrogen-bond acceptors (Lipinski definition) is 5. The van der Waals surface area contributed by atoms with Crippen LogP contribution < -0.4 is 0 Å². The van der Waals surface area contributed by atoms with E-state index in [2.05, 4.69) is 20.3 Å². The summed E-state index contributed by atoms with van der Waals surface area (Å²) in [5.74, 6) is 1.40. The van der Waals surface area contributed by atoms with Crippen LogP contribution in [-0.2, 0) is 0 Å². The van der Waals surface area contributed by atoms with Crippen LogP contribution in [0.5, 0.6) is 0 Å². The Balaban J connectivity index is 1.79. The quantitative estimate of drug-likeness (QED) is 0.724. The molecule has 0 N–H and O–H groups in total. The molecule has 0 fully saturated rings. The first-order valence-electron chi connectivity index (χ1n) is 6.65. The summed E-state index contributed by atoms with van der Waals surface area (Å²) in [6.45, 7) is 0. The fraction of sp³-hybridized carbons (Fsp3) is 0.0667. The maximum atomic E-state index is 5.94. The van der Waals surface area contributed by atoms with Gasteiger partial charge in [-0.2, -0.15) is 9.78 Å². The molecule has 1 aliphatic heterocycles. The first kappa shape index (κ1) is 13.5. The number of thioether (sulfide) groups is 1. The molecule has 0 unspecified atom stereocenters. The van der Waals surface area contributed by atoms with Gasteiger partial charge in [-0.15, -0.1) is 10.2 Å². The van der Waals surface area contributed by atoms with Crippen LogP contribution in [0, 0.1) is 0 Å². The maximum absolute atomic E-state index is 5.94. The number of aromatic nitrogens is 4. The average molecular weight is 328 g/mol. The van der Waals surface area contributed by atoms with Crippen molar-refractivity contribution >= 4 is 29.1 Å². The van der Waals surface area contributed by atoms with Gasteiger partial charge in [0.1, 0.15) is 5.69 Å². The second-order valence-electron chi connectivity index (χ2n) is 4.68. The molecule has 0 amide bonds. The van der Waals surface area contributed by atoms with Gasteiger partial charge in [0.2, 0.25) is 11.0 Å². The molecule has 4 rings (SSSR count). The molecule has 5 nitrogen and oxygen atoms in total. The van der Waals surface area contributed by atoms with Gasteiger partial charge < -0.3 is 0 Å². The zero-order valence-electron chi connectivity index (χ0n) is 11.3. The number of pyridine rings is 1. The van der Waals surface area contributed by atoms with E-state index in [4.69, 9.17) is 11.6 Å². The number of halogens is 1. The van der Waals surface area contributed by atoms with Crippen molar-refractivity contribution in [1.82, 2.24) is 19.9 Å². The fourth-order valence-electron chi connectivity index (χ4n) is 2.17. The van der Waals surface area contributed by atoms with E-state index in [-0.39, 0.29) is 0 Å². The summed E-state index contributed by atoms with van der Waals surface area (Å²) in [4.78, 5) is 4.32. The van der Waals surface area contributed by atoms with Gasteiger partial charge in [0.25, 0.3) is 0 Å². The van der Waals surface area contributed by atoms with Crippen molar-refractivity contribution in [2.75, 3.05) is 5.75 Å². The summed E-state index contributed by atoms with van der Waals surface area (Å²) in [6.07, 6.45) is 1.73. The van der Waals surface area contributed by atoms with E-state index in [1.165, 1.54) is 0 Å². The molecule has 22 heavy (non-hydrogen) atoms. The topological polar surface area (TPSA) is 56.0 Å². The van der Waals surface area contributed by atoms with Crippen LogP contribution in [0.25, 0.3) is 11.5 Å². The number of nitrogens with zero attached hydrogens (tertiary/aromatic N) is 5. The molecule has 108 valence electrons. The van der Waals surface area contributed by atoms with Crippen LogP contribution in [0.15, 0.2) is 58.9 Å². The first-order valence-corrected chi connectivity index (χ1v) is 8.01. The molecule has 1 aromatic carbocycles. The van der Waals surface area contributed by atoms with E-state index < -0.39 is 0 Å². The second kappa shape index (κ2) is 5.55. The molecular weight excluding hydrogens is 318 g/mol. The van der Waals surface area contributed by atoms with Crippen LogP contribution in [0.2, 0.25) is 5.02 Å². The van der Waals surface area contributed by atoms with E-state index in [0.29, 0.717) is 10.8 Å². The Hall–Kier alpha value is -2.18. The highest BCUT2D eigenvalue weighted by Crippen LogP contribution is 2.27. The Morgan fingerprint density at radius 1 is 1.05 bits per heavy atom. The minimum Gasteiger partial charge on any atom is -0.253 e. The monoisotopic (exact) mass is 327 g/mol. The summed E-state index contributed by atoms with van der Waals surface area (Å²) in [5.41, 5.74) is 2.76. The number of benzene rings is 1. The Labute approximate surface area is 136 Å². The Kier molecular flexibility index (Phi) is 3.40. The van der Waals surface area contributed by atoms with Gasteiger partial charge in [0.05, 0.1) is 5.71 Å². The van der Waals surface area contributed by atoms with Crippen molar-refractivity contribution in [3.05, 3.63) is 59.2 Å². The molecule has 0 aliphatic carbocycles. The fourth-order valence-corrected chi connectivity index (χ4v) is 3.13. The highest BCUT2D eigenvalue weighted by atomic mass is 35.5. The van der Waals surface area contributed by atoms with Gasteiger partial charge in [-0.1, -0.05) is 41.6 Å². The Morgan fingerprint density at radius 2 is 1.91 bits per heavy atom. The highest BCUT2D eigenvalue weighted by Gasteiger charge is 2.21. The van der Waals surface area contributed by atoms with Gasteiger partial charge in [0, 0.05) is 17.0 Å². The van der Waals surface area contributed by atoms with Crippen LogP contribution in [0.3, 0.4) is 0 Å². The van der Waals surface area contributed by atoms with Crippen molar-refractivity contribution in [1.29, 1.82) is 0 Å². The predicted octanol–water partition coefficient (Wildman–Crippen LogP) is 3.35. The third-order valence-corrected chi connectivity index (χ3v) is 4.42. The minimum atomic E-state index is 0.647. The predicted molar refractivity (Wildman–Crippen MR) is 87.4 cm³/mol. The van der Waals surface area contributed by atoms with E-state index in [1.54, 1.807) is 22.6 Å².